The van der Waals surface area contributed by atoms with Gasteiger partial charge in [-0.1, -0.05) is 20.8 Å². The fourth-order valence-electron chi connectivity index (χ4n) is 1.78. The molecule has 0 spiro atoms. The Kier molecular flexibility index (Phi) is 4.70. The number of anilines is 1. The summed E-state index contributed by atoms with van der Waals surface area (Å²) in [6.07, 6.45) is 0. The highest BCUT2D eigenvalue weighted by molar-refractivity contribution is 6.18. The zero-order chi connectivity index (χ0) is 13.1. The predicted molar refractivity (Wildman–Crippen MR) is 75.7 cm³/mol. The molecular formula is C14H22ClNO. The molecular weight excluding hydrogens is 234 g/mol. The second-order valence-corrected chi connectivity index (χ2v) is 5.62. The number of benzene rings is 1. The van der Waals surface area contributed by atoms with E-state index >= 15 is 0 Å². The summed E-state index contributed by atoms with van der Waals surface area (Å²) in [7, 11) is 3.77. The molecule has 0 aromatic heterocycles. The SMILES string of the molecule is COc1ccc(N(C)CCCl)cc1C(C)(C)C. The van der Waals surface area contributed by atoms with E-state index in [1.54, 1.807) is 7.11 Å². The van der Waals surface area contributed by atoms with Crippen molar-refractivity contribution in [2.75, 3.05) is 31.5 Å². The van der Waals surface area contributed by atoms with Crippen molar-refractivity contribution in [3.05, 3.63) is 23.8 Å². The van der Waals surface area contributed by atoms with E-state index in [1.807, 2.05) is 6.07 Å². The third-order valence-electron chi connectivity index (χ3n) is 2.85. The van der Waals surface area contributed by atoms with E-state index in [2.05, 4.69) is 44.9 Å². The molecule has 0 radical (unpaired) electrons. The van der Waals surface area contributed by atoms with E-state index in [0.717, 1.165) is 12.3 Å². The van der Waals surface area contributed by atoms with Crippen LogP contribution < -0.4 is 9.64 Å². The number of ether oxygens (including phenoxy) is 1. The van der Waals surface area contributed by atoms with Gasteiger partial charge >= 0.3 is 0 Å². The maximum absolute atomic E-state index is 5.77. The summed E-state index contributed by atoms with van der Waals surface area (Å²) < 4.78 is 5.42. The smallest absolute Gasteiger partial charge is 0.122 e. The minimum atomic E-state index is 0.0726. The second kappa shape index (κ2) is 5.63. The van der Waals surface area contributed by atoms with Crippen molar-refractivity contribution in [3.8, 4) is 5.75 Å². The first-order valence-corrected chi connectivity index (χ1v) is 6.39. The van der Waals surface area contributed by atoms with Gasteiger partial charge < -0.3 is 9.64 Å². The van der Waals surface area contributed by atoms with Crippen LogP contribution >= 0.6 is 11.6 Å². The zero-order valence-corrected chi connectivity index (χ0v) is 12.1. The van der Waals surface area contributed by atoms with Crippen LogP contribution in [0, 0.1) is 0 Å². The lowest BCUT2D eigenvalue weighted by Crippen LogP contribution is -2.21. The highest BCUT2D eigenvalue weighted by Crippen LogP contribution is 2.34. The van der Waals surface area contributed by atoms with Crippen molar-refractivity contribution in [1.82, 2.24) is 0 Å². The van der Waals surface area contributed by atoms with Crippen LogP contribution in [0.4, 0.5) is 5.69 Å². The number of nitrogens with zero attached hydrogens (tertiary/aromatic N) is 1. The molecule has 0 amide bonds. The van der Waals surface area contributed by atoms with Crippen LogP contribution in [0.5, 0.6) is 5.75 Å². The van der Waals surface area contributed by atoms with E-state index in [9.17, 15) is 0 Å². The van der Waals surface area contributed by atoms with Crippen molar-refractivity contribution >= 4 is 17.3 Å². The zero-order valence-electron chi connectivity index (χ0n) is 11.4. The molecule has 0 heterocycles. The normalized spacial score (nSPS) is 11.4. The Hall–Kier alpha value is -0.890. The number of hydrogen-bond donors (Lipinski definition) is 0. The van der Waals surface area contributed by atoms with Gasteiger partial charge in [0, 0.05) is 30.7 Å². The second-order valence-electron chi connectivity index (χ2n) is 5.25. The van der Waals surface area contributed by atoms with Gasteiger partial charge in [0.05, 0.1) is 7.11 Å². The van der Waals surface area contributed by atoms with Crippen molar-refractivity contribution in [2.45, 2.75) is 26.2 Å². The molecule has 0 atom stereocenters. The molecule has 0 aliphatic heterocycles. The molecule has 1 aromatic rings. The number of hydrogen-bond acceptors (Lipinski definition) is 2. The lowest BCUT2D eigenvalue weighted by molar-refractivity contribution is 0.397. The summed E-state index contributed by atoms with van der Waals surface area (Å²) in [5, 5.41) is 0. The first-order chi connectivity index (χ1) is 7.90. The highest BCUT2D eigenvalue weighted by Gasteiger charge is 2.19. The molecule has 1 rings (SSSR count). The van der Waals surface area contributed by atoms with E-state index in [4.69, 9.17) is 16.3 Å². The molecule has 2 nitrogen and oxygen atoms in total. The van der Waals surface area contributed by atoms with Crippen molar-refractivity contribution in [2.24, 2.45) is 0 Å². The van der Waals surface area contributed by atoms with Crippen LogP contribution in [-0.4, -0.2) is 26.6 Å². The minimum Gasteiger partial charge on any atom is -0.496 e. The van der Waals surface area contributed by atoms with Gasteiger partial charge in [0.15, 0.2) is 0 Å². The molecule has 0 saturated carbocycles. The average molecular weight is 256 g/mol. The molecule has 0 aliphatic rings. The summed E-state index contributed by atoms with van der Waals surface area (Å²) >= 11 is 5.77. The standard InChI is InChI=1S/C14H22ClNO/c1-14(2,3)12-10-11(16(4)9-8-15)6-7-13(12)17-5/h6-7,10H,8-9H2,1-5H3. The van der Waals surface area contributed by atoms with Crippen molar-refractivity contribution < 1.29 is 4.74 Å². The molecule has 0 fully saturated rings. The predicted octanol–water partition coefficient (Wildman–Crippen LogP) is 3.67. The fraction of sp³-hybridized carbons (Fsp3) is 0.571. The summed E-state index contributed by atoms with van der Waals surface area (Å²) in [4.78, 5) is 2.15. The Labute approximate surface area is 110 Å². The lowest BCUT2D eigenvalue weighted by Gasteiger charge is -2.25. The molecule has 17 heavy (non-hydrogen) atoms. The number of rotatable bonds is 4. The molecule has 0 aliphatic carbocycles. The van der Waals surface area contributed by atoms with Crippen LogP contribution in [0.15, 0.2) is 18.2 Å². The quantitative estimate of drug-likeness (QED) is 0.762. The minimum absolute atomic E-state index is 0.0726. The van der Waals surface area contributed by atoms with E-state index in [1.165, 1.54) is 11.3 Å². The van der Waals surface area contributed by atoms with Crippen LogP contribution in [0.1, 0.15) is 26.3 Å². The van der Waals surface area contributed by atoms with Crippen LogP contribution in [0.2, 0.25) is 0 Å². The Bertz CT molecular complexity index is 371. The number of halogens is 1. The van der Waals surface area contributed by atoms with Crippen LogP contribution in [0.3, 0.4) is 0 Å². The number of alkyl halides is 1. The fourth-order valence-corrected chi connectivity index (χ4v) is 2.03. The Morgan fingerprint density at radius 1 is 1.29 bits per heavy atom. The van der Waals surface area contributed by atoms with Gasteiger partial charge in [-0.3, -0.25) is 0 Å². The van der Waals surface area contributed by atoms with Gasteiger partial charge in [0.25, 0.3) is 0 Å². The van der Waals surface area contributed by atoms with Crippen molar-refractivity contribution in [3.63, 3.8) is 0 Å². The Morgan fingerprint density at radius 2 is 1.94 bits per heavy atom. The molecule has 0 unspecified atom stereocenters. The monoisotopic (exact) mass is 255 g/mol. The maximum atomic E-state index is 5.77. The van der Waals surface area contributed by atoms with Crippen LogP contribution in [0.25, 0.3) is 0 Å². The molecule has 0 saturated heterocycles. The topological polar surface area (TPSA) is 12.5 Å². The van der Waals surface area contributed by atoms with E-state index < -0.39 is 0 Å². The average Bonchev–Trinajstić information content (AvgIpc) is 2.27. The van der Waals surface area contributed by atoms with Crippen LogP contribution in [-0.2, 0) is 5.41 Å². The third-order valence-corrected chi connectivity index (χ3v) is 3.02. The first-order valence-electron chi connectivity index (χ1n) is 5.85. The summed E-state index contributed by atoms with van der Waals surface area (Å²) in [5.74, 6) is 1.58. The van der Waals surface area contributed by atoms with Gasteiger partial charge in [-0.25, -0.2) is 0 Å². The van der Waals surface area contributed by atoms with E-state index in [0.29, 0.717) is 5.88 Å². The lowest BCUT2D eigenvalue weighted by atomic mass is 9.86. The maximum Gasteiger partial charge on any atom is 0.122 e. The summed E-state index contributed by atoms with van der Waals surface area (Å²) in [5.41, 5.74) is 2.47. The molecule has 1 aromatic carbocycles. The third kappa shape index (κ3) is 3.53. The molecule has 0 N–H and O–H groups in total. The molecule has 96 valence electrons. The van der Waals surface area contributed by atoms with Gasteiger partial charge in [0.1, 0.15) is 5.75 Å². The Morgan fingerprint density at radius 3 is 2.41 bits per heavy atom. The summed E-state index contributed by atoms with van der Waals surface area (Å²) in [6.45, 7) is 7.42. The largest absolute Gasteiger partial charge is 0.496 e. The van der Waals surface area contributed by atoms with Gasteiger partial charge in [-0.05, 0) is 23.6 Å². The molecule has 0 bridgehead atoms. The van der Waals surface area contributed by atoms with Gasteiger partial charge in [0.2, 0.25) is 0 Å². The first kappa shape index (κ1) is 14.2. The summed E-state index contributed by atoms with van der Waals surface area (Å²) in [6, 6.07) is 6.28. The van der Waals surface area contributed by atoms with Gasteiger partial charge in [-0.2, -0.15) is 0 Å². The molecule has 3 heteroatoms. The Balaban J connectivity index is 3.13. The highest BCUT2D eigenvalue weighted by atomic mass is 35.5. The number of methoxy groups -OCH3 is 1. The van der Waals surface area contributed by atoms with Crippen molar-refractivity contribution in [1.29, 1.82) is 0 Å². The van der Waals surface area contributed by atoms with E-state index in [-0.39, 0.29) is 5.41 Å². The van der Waals surface area contributed by atoms with Gasteiger partial charge in [-0.15, -0.1) is 11.6 Å².